The number of carbonyl (C=O) groups excluding carboxylic acids is 2. The van der Waals surface area contributed by atoms with Crippen LogP contribution in [0.5, 0.6) is 0 Å². The fourth-order valence-corrected chi connectivity index (χ4v) is 4.57. The van der Waals surface area contributed by atoms with Gasteiger partial charge in [-0.2, -0.15) is 0 Å². The molecule has 3 atom stereocenters. The van der Waals surface area contributed by atoms with Gasteiger partial charge in [-0.15, -0.1) is 0 Å². The fraction of sp³-hybridized carbons (Fsp3) is 0.538. The Hall–Kier alpha value is -2.51. The third-order valence-electron chi connectivity index (χ3n) is 6.14. The van der Waals surface area contributed by atoms with Crippen LogP contribution in [0.3, 0.4) is 0 Å². The second kappa shape index (κ2) is 10.6. The van der Waals surface area contributed by atoms with E-state index in [4.69, 9.17) is 14.2 Å². The number of hydrogen-bond donors (Lipinski definition) is 1. The summed E-state index contributed by atoms with van der Waals surface area (Å²) in [5.41, 5.74) is 3.11. The number of carbonyl (C=O) groups is 2. The van der Waals surface area contributed by atoms with E-state index in [0.29, 0.717) is 31.4 Å². The highest BCUT2D eigenvalue weighted by molar-refractivity contribution is 5.75. The molecule has 0 spiro atoms. The Morgan fingerprint density at radius 1 is 1.33 bits per heavy atom. The summed E-state index contributed by atoms with van der Waals surface area (Å²) in [5.74, 6) is -1.09. The Morgan fingerprint density at radius 2 is 2.09 bits per heavy atom. The van der Waals surface area contributed by atoms with Crippen molar-refractivity contribution in [3.8, 4) is 0 Å². The number of hydrogen-bond acceptors (Lipinski definition) is 6. The van der Waals surface area contributed by atoms with Crippen molar-refractivity contribution >= 4 is 17.5 Å². The number of aryl methyl sites for hydroxylation is 1. The molecule has 0 saturated carbocycles. The predicted molar refractivity (Wildman–Crippen MR) is 122 cm³/mol. The lowest BCUT2D eigenvalue weighted by Gasteiger charge is -2.39. The van der Waals surface area contributed by atoms with Crippen LogP contribution in [-0.4, -0.2) is 48.6 Å². The largest absolute Gasteiger partial charge is 0.464 e. The van der Waals surface area contributed by atoms with Gasteiger partial charge in [0.15, 0.2) is 0 Å². The van der Waals surface area contributed by atoms with Gasteiger partial charge in [0.25, 0.3) is 0 Å². The van der Waals surface area contributed by atoms with Crippen molar-refractivity contribution in [2.45, 2.75) is 71.7 Å². The number of ether oxygens (including phenoxy) is 3. The van der Waals surface area contributed by atoms with Gasteiger partial charge in [0.2, 0.25) is 0 Å². The molecule has 0 radical (unpaired) electrons. The summed E-state index contributed by atoms with van der Waals surface area (Å²) >= 11 is 0. The molecule has 6 nitrogen and oxygen atoms in total. The predicted octanol–water partition coefficient (Wildman–Crippen LogP) is 4.28. The number of aliphatic hydroxyl groups excluding tert-OH is 1. The van der Waals surface area contributed by atoms with E-state index in [9.17, 15) is 19.1 Å². The van der Waals surface area contributed by atoms with Gasteiger partial charge < -0.3 is 19.3 Å². The molecule has 1 aliphatic heterocycles. The first kappa shape index (κ1) is 25.1. The van der Waals surface area contributed by atoms with E-state index in [-0.39, 0.29) is 30.4 Å². The molecule has 1 aliphatic carbocycles. The van der Waals surface area contributed by atoms with E-state index in [1.54, 1.807) is 19.9 Å². The van der Waals surface area contributed by atoms with Crippen LogP contribution in [0.1, 0.15) is 57.6 Å². The van der Waals surface area contributed by atoms with E-state index in [2.05, 4.69) is 13.8 Å². The quantitative estimate of drug-likeness (QED) is 0.612. The number of allylic oxidation sites excluding steroid dienone is 2. The van der Waals surface area contributed by atoms with Crippen molar-refractivity contribution in [2.75, 3.05) is 13.2 Å². The molecule has 1 aromatic carbocycles. The second-order valence-electron chi connectivity index (χ2n) is 9.37. The molecular weight excluding hydrogens is 427 g/mol. The Morgan fingerprint density at radius 3 is 2.76 bits per heavy atom. The van der Waals surface area contributed by atoms with E-state index in [1.165, 1.54) is 6.07 Å². The molecule has 33 heavy (non-hydrogen) atoms. The average Bonchev–Trinajstić information content (AvgIpc) is 2.72. The van der Waals surface area contributed by atoms with Gasteiger partial charge >= 0.3 is 11.9 Å². The lowest BCUT2D eigenvalue weighted by atomic mass is 9.69. The molecule has 3 rings (SSSR count). The summed E-state index contributed by atoms with van der Waals surface area (Å²) in [6.07, 6.45) is 3.91. The Bertz CT molecular complexity index is 948. The molecule has 1 fully saturated rings. The zero-order chi connectivity index (χ0) is 24.2. The van der Waals surface area contributed by atoms with Crippen molar-refractivity contribution in [1.82, 2.24) is 0 Å². The van der Waals surface area contributed by atoms with Crippen LogP contribution >= 0.6 is 0 Å². The Labute approximate surface area is 194 Å². The molecule has 0 aromatic heterocycles. The zero-order valence-electron chi connectivity index (χ0n) is 19.7. The molecule has 180 valence electrons. The second-order valence-corrected chi connectivity index (χ2v) is 9.37. The van der Waals surface area contributed by atoms with E-state index in [1.807, 2.05) is 18.2 Å². The van der Waals surface area contributed by atoms with Crippen LogP contribution < -0.4 is 0 Å². The first-order chi connectivity index (χ1) is 15.6. The molecule has 0 bridgehead atoms. The van der Waals surface area contributed by atoms with E-state index in [0.717, 1.165) is 16.7 Å². The minimum Gasteiger partial charge on any atom is -0.464 e. The lowest BCUT2D eigenvalue weighted by Crippen LogP contribution is -2.33. The summed E-state index contributed by atoms with van der Waals surface area (Å²) in [4.78, 5) is 23.5. The molecule has 1 saturated heterocycles. The van der Waals surface area contributed by atoms with E-state index >= 15 is 0 Å². The van der Waals surface area contributed by atoms with Crippen molar-refractivity contribution in [2.24, 2.45) is 5.41 Å². The minimum atomic E-state index is -0.714. The number of aliphatic hydroxyl groups is 1. The van der Waals surface area contributed by atoms with Crippen molar-refractivity contribution in [1.29, 1.82) is 0 Å². The summed E-state index contributed by atoms with van der Waals surface area (Å²) in [5, 5.41) is 9.92. The molecule has 1 heterocycles. The number of rotatable bonds is 7. The summed E-state index contributed by atoms with van der Waals surface area (Å²) < 4.78 is 30.2. The topological polar surface area (TPSA) is 82.1 Å². The van der Waals surface area contributed by atoms with Crippen LogP contribution in [0.4, 0.5) is 4.39 Å². The summed E-state index contributed by atoms with van der Waals surface area (Å²) in [7, 11) is 0. The number of esters is 2. The first-order valence-corrected chi connectivity index (χ1v) is 11.4. The summed E-state index contributed by atoms with van der Waals surface area (Å²) in [6, 6.07) is 5.01. The van der Waals surface area contributed by atoms with Crippen molar-refractivity contribution in [3.63, 3.8) is 0 Å². The molecule has 1 aromatic rings. The number of halogens is 1. The third kappa shape index (κ3) is 6.51. The minimum absolute atomic E-state index is 0.0120. The van der Waals surface area contributed by atoms with Gasteiger partial charge in [-0.1, -0.05) is 26.0 Å². The number of benzene rings is 1. The highest BCUT2D eigenvalue weighted by atomic mass is 19.1. The standard InChI is InChI=1S/C26H33FO6/c1-5-31-25(30)15-32-20-13-21(17-6-9-23(27)16(2)10-17)22(26(3,4)14-20)8-7-19-11-18(28)12-24(29)33-19/h6-10,18-20,28H,5,11-15H2,1-4H3. The molecule has 1 N–H and O–H groups in total. The van der Waals surface area contributed by atoms with Gasteiger partial charge in [0, 0.05) is 6.42 Å². The van der Waals surface area contributed by atoms with Crippen LogP contribution in [0.15, 0.2) is 35.9 Å². The average molecular weight is 461 g/mol. The molecule has 0 amide bonds. The van der Waals surface area contributed by atoms with Gasteiger partial charge in [-0.3, -0.25) is 4.79 Å². The first-order valence-electron chi connectivity index (χ1n) is 11.4. The number of cyclic esters (lactones) is 1. The van der Waals surface area contributed by atoms with Crippen LogP contribution in [-0.2, 0) is 23.8 Å². The maximum absolute atomic E-state index is 14.0. The highest BCUT2D eigenvalue weighted by Gasteiger charge is 2.36. The zero-order valence-corrected chi connectivity index (χ0v) is 19.7. The smallest absolute Gasteiger partial charge is 0.332 e. The molecule has 3 unspecified atom stereocenters. The molecule has 2 aliphatic rings. The van der Waals surface area contributed by atoms with Crippen LogP contribution in [0.2, 0.25) is 0 Å². The van der Waals surface area contributed by atoms with E-state index < -0.39 is 24.1 Å². The van der Waals surface area contributed by atoms with Crippen molar-refractivity contribution in [3.05, 3.63) is 52.9 Å². The highest BCUT2D eigenvalue weighted by Crippen LogP contribution is 2.46. The monoisotopic (exact) mass is 460 g/mol. The van der Waals surface area contributed by atoms with Gasteiger partial charge in [0.1, 0.15) is 18.5 Å². The van der Waals surface area contributed by atoms with Gasteiger partial charge in [-0.05, 0) is 72.6 Å². The van der Waals surface area contributed by atoms with Crippen LogP contribution in [0, 0.1) is 18.2 Å². The van der Waals surface area contributed by atoms with Crippen LogP contribution in [0.25, 0.3) is 5.57 Å². The SMILES string of the molecule is CCOC(=O)COC1CC(c2ccc(F)c(C)c2)=C(C=CC2CC(O)CC(=O)O2)C(C)(C)C1. The molecular formula is C26H33FO6. The van der Waals surface area contributed by atoms with Crippen molar-refractivity contribution < 1.29 is 33.3 Å². The molecule has 7 heteroatoms. The van der Waals surface area contributed by atoms with Gasteiger partial charge in [-0.25, -0.2) is 9.18 Å². The third-order valence-corrected chi connectivity index (χ3v) is 6.14. The van der Waals surface area contributed by atoms with Gasteiger partial charge in [0.05, 0.1) is 25.2 Å². The summed E-state index contributed by atoms with van der Waals surface area (Å²) in [6.45, 7) is 7.83. The maximum atomic E-state index is 14.0. The Balaban J connectivity index is 1.94. The normalized spacial score (nSPS) is 25.3. The lowest BCUT2D eigenvalue weighted by molar-refractivity contribution is -0.156. The fourth-order valence-electron chi connectivity index (χ4n) is 4.57. The maximum Gasteiger partial charge on any atom is 0.332 e. The Kier molecular flexibility index (Phi) is 8.08.